The first-order valence-corrected chi connectivity index (χ1v) is 6.92. The van der Waals surface area contributed by atoms with Crippen molar-refractivity contribution in [2.45, 2.75) is 27.7 Å². The summed E-state index contributed by atoms with van der Waals surface area (Å²) in [5, 5.41) is 0. The molecule has 0 aliphatic carbocycles. The zero-order chi connectivity index (χ0) is 14.3. The van der Waals surface area contributed by atoms with Gasteiger partial charge in [0.05, 0.1) is 5.56 Å². The Labute approximate surface area is 115 Å². The Balaban J connectivity index is 2.63. The molecule has 19 heavy (non-hydrogen) atoms. The molecule has 0 aromatic carbocycles. The molecule has 0 unspecified atom stereocenters. The molecular formula is C14H24N4O. The second kappa shape index (κ2) is 7.84. The number of carbonyl (C=O) groups excluding carboxylic acids is 1. The van der Waals surface area contributed by atoms with E-state index in [9.17, 15) is 4.79 Å². The number of likely N-dealkylation sites (N-methyl/N-ethyl adjacent to an activating group) is 2. The predicted molar refractivity (Wildman–Crippen MR) is 76.1 cm³/mol. The van der Waals surface area contributed by atoms with Gasteiger partial charge in [-0.15, -0.1) is 0 Å². The van der Waals surface area contributed by atoms with Gasteiger partial charge in [-0.3, -0.25) is 4.79 Å². The first-order chi connectivity index (χ1) is 9.12. The number of rotatable bonds is 7. The zero-order valence-electron chi connectivity index (χ0n) is 12.4. The third-order valence-electron chi connectivity index (χ3n) is 3.28. The van der Waals surface area contributed by atoms with Gasteiger partial charge in [-0.25, -0.2) is 9.97 Å². The van der Waals surface area contributed by atoms with Crippen molar-refractivity contribution in [1.82, 2.24) is 19.8 Å². The second-order valence-electron chi connectivity index (χ2n) is 4.43. The molecule has 1 aromatic heterocycles. The summed E-state index contributed by atoms with van der Waals surface area (Å²) in [5.41, 5.74) is 0.562. The number of aromatic nitrogens is 2. The van der Waals surface area contributed by atoms with Crippen molar-refractivity contribution >= 4 is 5.91 Å². The minimum atomic E-state index is 0.00894. The van der Waals surface area contributed by atoms with Crippen LogP contribution in [0.1, 0.15) is 37.0 Å². The Morgan fingerprint density at radius 2 is 1.63 bits per heavy atom. The maximum atomic E-state index is 12.3. The van der Waals surface area contributed by atoms with E-state index in [4.69, 9.17) is 0 Å². The maximum absolute atomic E-state index is 12.3. The van der Waals surface area contributed by atoms with Gasteiger partial charge in [0.25, 0.3) is 5.91 Å². The number of carbonyl (C=O) groups is 1. The topological polar surface area (TPSA) is 49.3 Å². The Morgan fingerprint density at radius 1 is 1.05 bits per heavy atom. The molecule has 0 aliphatic rings. The molecule has 0 N–H and O–H groups in total. The monoisotopic (exact) mass is 264 g/mol. The van der Waals surface area contributed by atoms with Gasteiger partial charge in [-0.2, -0.15) is 0 Å². The standard InChI is InChI=1S/C14H24N4O/c1-5-17(6-2)8-9-18(7-3)14(19)13-10-15-12(4)16-11-13/h10-11H,5-9H2,1-4H3. The van der Waals surface area contributed by atoms with Crippen LogP contribution in [-0.4, -0.2) is 58.4 Å². The normalized spacial score (nSPS) is 10.8. The van der Waals surface area contributed by atoms with E-state index in [1.54, 1.807) is 12.4 Å². The molecule has 1 amide bonds. The Morgan fingerprint density at radius 3 is 2.11 bits per heavy atom. The number of hydrogen-bond donors (Lipinski definition) is 0. The number of aryl methyl sites for hydroxylation is 1. The Bertz CT molecular complexity index is 387. The summed E-state index contributed by atoms with van der Waals surface area (Å²) in [6.07, 6.45) is 3.20. The summed E-state index contributed by atoms with van der Waals surface area (Å²) in [6, 6.07) is 0. The molecule has 106 valence electrons. The molecule has 1 heterocycles. The highest BCUT2D eigenvalue weighted by molar-refractivity contribution is 5.93. The number of nitrogens with zero attached hydrogens (tertiary/aromatic N) is 4. The molecule has 5 heteroatoms. The minimum Gasteiger partial charge on any atom is -0.338 e. The molecule has 0 atom stereocenters. The largest absolute Gasteiger partial charge is 0.338 e. The molecule has 0 aliphatic heterocycles. The second-order valence-corrected chi connectivity index (χ2v) is 4.43. The van der Waals surface area contributed by atoms with Crippen molar-refractivity contribution in [3.05, 3.63) is 23.8 Å². The highest BCUT2D eigenvalue weighted by atomic mass is 16.2. The average Bonchev–Trinajstić information content (AvgIpc) is 2.44. The summed E-state index contributed by atoms with van der Waals surface area (Å²) in [7, 11) is 0. The van der Waals surface area contributed by atoms with E-state index in [0.717, 1.165) is 26.2 Å². The molecule has 0 saturated carbocycles. The van der Waals surface area contributed by atoms with Crippen molar-refractivity contribution < 1.29 is 4.79 Å². The fourth-order valence-electron chi connectivity index (χ4n) is 1.89. The lowest BCUT2D eigenvalue weighted by Gasteiger charge is -2.25. The van der Waals surface area contributed by atoms with Crippen LogP contribution in [0.3, 0.4) is 0 Å². The number of hydrogen-bond acceptors (Lipinski definition) is 4. The van der Waals surface area contributed by atoms with E-state index < -0.39 is 0 Å². The van der Waals surface area contributed by atoms with Crippen LogP contribution < -0.4 is 0 Å². The molecule has 0 saturated heterocycles. The van der Waals surface area contributed by atoms with Crippen molar-refractivity contribution in [3.63, 3.8) is 0 Å². The van der Waals surface area contributed by atoms with Crippen molar-refractivity contribution in [2.24, 2.45) is 0 Å². The van der Waals surface area contributed by atoms with Crippen LogP contribution in [0.15, 0.2) is 12.4 Å². The van der Waals surface area contributed by atoms with Gasteiger partial charge in [-0.05, 0) is 26.9 Å². The molecule has 0 spiro atoms. The van der Waals surface area contributed by atoms with Gasteiger partial charge in [0.1, 0.15) is 5.82 Å². The first kappa shape index (κ1) is 15.6. The summed E-state index contributed by atoms with van der Waals surface area (Å²) in [5.74, 6) is 0.692. The van der Waals surface area contributed by atoms with Gasteiger partial charge in [0.15, 0.2) is 0 Å². The average molecular weight is 264 g/mol. The van der Waals surface area contributed by atoms with Gasteiger partial charge in [-0.1, -0.05) is 13.8 Å². The van der Waals surface area contributed by atoms with Crippen LogP contribution in [0.4, 0.5) is 0 Å². The summed E-state index contributed by atoms with van der Waals surface area (Å²) in [4.78, 5) is 24.6. The summed E-state index contributed by atoms with van der Waals surface area (Å²) < 4.78 is 0. The maximum Gasteiger partial charge on any atom is 0.257 e. The van der Waals surface area contributed by atoms with E-state index in [0.29, 0.717) is 17.9 Å². The lowest BCUT2D eigenvalue weighted by molar-refractivity contribution is 0.0746. The number of amides is 1. The molecule has 0 fully saturated rings. The predicted octanol–water partition coefficient (Wildman–Crippen LogP) is 1.59. The van der Waals surface area contributed by atoms with Crippen LogP contribution in [0, 0.1) is 6.92 Å². The fourth-order valence-corrected chi connectivity index (χ4v) is 1.89. The van der Waals surface area contributed by atoms with Crippen LogP contribution in [0.5, 0.6) is 0 Å². The van der Waals surface area contributed by atoms with Crippen molar-refractivity contribution in [3.8, 4) is 0 Å². The molecule has 1 aromatic rings. The van der Waals surface area contributed by atoms with E-state index >= 15 is 0 Å². The summed E-state index contributed by atoms with van der Waals surface area (Å²) in [6.45, 7) is 12.4. The van der Waals surface area contributed by atoms with Crippen LogP contribution in [-0.2, 0) is 0 Å². The van der Waals surface area contributed by atoms with Crippen LogP contribution >= 0.6 is 0 Å². The lowest BCUT2D eigenvalue weighted by Crippen LogP contribution is -2.38. The van der Waals surface area contributed by atoms with E-state index in [1.165, 1.54) is 0 Å². The Kier molecular flexibility index (Phi) is 6.42. The van der Waals surface area contributed by atoms with Crippen LogP contribution in [0.2, 0.25) is 0 Å². The Hall–Kier alpha value is -1.49. The van der Waals surface area contributed by atoms with E-state index in [2.05, 4.69) is 28.7 Å². The lowest BCUT2D eigenvalue weighted by atomic mass is 10.3. The van der Waals surface area contributed by atoms with E-state index in [-0.39, 0.29) is 5.91 Å². The molecule has 0 bridgehead atoms. The third kappa shape index (κ3) is 4.59. The SMILES string of the molecule is CCN(CC)CCN(CC)C(=O)c1cnc(C)nc1. The van der Waals surface area contributed by atoms with Crippen molar-refractivity contribution in [2.75, 3.05) is 32.7 Å². The van der Waals surface area contributed by atoms with Crippen LogP contribution in [0.25, 0.3) is 0 Å². The van der Waals surface area contributed by atoms with Gasteiger partial charge >= 0.3 is 0 Å². The van der Waals surface area contributed by atoms with E-state index in [1.807, 2.05) is 18.7 Å². The molecule has 0 radical (unpaired) electrons. The third-order valence-corrected chi connectivity index (χ3v) is 3.28. The smallest absolute Gasteiger partial charge is 0.257 e. The minimum absolute atomic E-state index is 0.00894. The molecular weight excluding hydrogens is 240 g/mol. The van der Waals surface area contributed by atoms with Crippen molar-refractivity contribution in [1.29, 1.82) is 0 Å². The summed E-state index contributed by atoms with van der Waals surface area (Å²) >= 11 is 0. The quantitative estimate of drug-likeness (QED) is 0.750. The zero-order valence-corrected chi connectivity index (χ0v) is 12.4. The first-order valence-electron chi connectivity index (χ1n) is 6.92. The highest BCUT2D eigenvalue weighted by Crippen LogP contribution is 2.03. The molecule has 5 nitrogen and oxygen atoms in total. The fraction of sp³-hybridized carbons (Fsp3) is 0.643. The van der Waals surface area contributed by atoms with Gasteiger partial charge in [0.2, 0.25) is 0 Å². The highest BCUT2D eigenvalue weighted by Gasteiger charge is 2.15. The van der Waals surface area contributed by atoms with Gasteiger partial charge in [0, 0.05) is 32.0 Å². The molecule has 1 rings (SSSR count). The van der Waals surface area contributed by atoms with Gasteiger partial charge < -0.3 is 9.80 Å².